The number of amides is 2. The van der Waals surface area contributed by atoms with Crippen LogP contribution in [0, 0.1) is 11.6 Å². The van der Waals surface area contributed by atoms with Crippen molar-refractivity contribution in [1.82, 2.24) is 0 Å². The highest BCUT2D eigenvalue weighted by Crippen LogP contribution is 2.23. The van der Waals surface area contributed by atoms with Crippen molar-refractivity contribution in [3.8, 4) is 0 Å². The lowest BCUT2D eigenvalue weighted by Gasteiger charge is -2.10. The van der Waals surface area contributed by atoms with Crippen molar-refractivity contribution in [2.45, 2.75) is 0 Å². The highest BCUT2D eigenvalue weighted by molar-refractivity contribution is 6.44. The Morgan fingerprint density at radius 3 is 2.04 bits per heavy atom. The number of para-hydroxylation sites is 1. The van der Waals surface area contributed by atoms with Gasteiger partial charge in [0.1, 0.15) is 17.3 Å². The van der Waals surface area contributed by atoms with Gasteiger partial charge in [0.15, 0.2) is 0 Å². The Hall–Kier alpha value is -3.28. The molecule has 6 heteroatoms. The molecule has 2 N–H and O–H groups in total. The van der Waals surface area contributed by atoms with Gasteiger partial charge in [0.25, 0.3) is 0 Å². The predicted octanol–water partition coefficient (Wildman–Crippen LogP) is 3.70. The van der Waals surface area contributed by atoms with Gasteiger partial charge in [-0.1, -0.05) is 42.5 Å². The van der Waals surface area contributed by atoms with E-state index in [1.807, 2.05) is 23.5 Å². The molecule has 24 heavy (non-hydrogen) atoms. The number of hydrogen-bond acceptors (Lipinski definition) is 2. The van der Waals surface area contributed by atoms with Crippen LogP contribution in [0.5, 0.6) is 0 Å². The first-order valence-electron chi connectivity index (χ1n) is 7.10. The molecule has 3 aromatic rings. The second-order valence-electron chi connectivity index (χ2n) is 5.03. The molecule has 0 aromatic heterocycles. The van der Waals surface area contributed by atoms with Crippen LogP contribution in [0.2, 0.25) is 0 Å². The quantitative estimate of drug-likeness (QED) is 0.706. The lowest BCUT2D eigenvalue weighted by molar-refractivity contribution is -0.133. The van der Waals surface area contributed by atoms with Crippen molar-refractivity contribution in [3.05, 3.63) is 72.3 Å². The fraction of sp³-hybridized carbons (Fsp3) is 0. The highest BCUT2D eigenvalue weighted by Gasteiger charge is 2.18. The molecule has 2 amide bonds. The van der Waals surface area contributed by atoms with Crippen LogP contribution in [0.4, 0.5) is 20.2 Å². The van der Waals surface area contributed by atoms with Gasteiger partial charge in [-0.15, -0.1) is 0 Å². The lowest BCUT2D eigenvalue weighted by Crippen LogP contribution is -2.29. The first kappa shape index (κ1) is 15.6. The van der Waals surface area contributed by atoms with Crippen LogP contribution < -0.4 is 10.6 Å². The SMILES string of the molecule is O=C(Nc1c(F)cccc1F)C(=O)Nc1cccc2ccccc12. The van der Waals surface area contributed by atoms with Gasteiger partial charge in [0, 0.05) is 11.1 Å². The summed E-state index contributed by atoms with van der Waals surface area (Å²) >= 11 is 0. The maximum atomic E-state index is 13.5. The summed E-state index contributed by atoms with van der Waals surface area (Å²) in [4.78, 5) is 23.9. The summed E-state index contributed by atoms with van der Waals surface area (Å²) in [5, 5.41) is 6.03. The number of fused-ring (bicyclic) bond motifs is 1. The van der Waals surface area contributed by atoms with Gasteiger partial charge < -0.3 is 10.6 Å². The van der Waals surface area contributed by atoms with Crippen LogP contribution in [-0.4, -0.2) is 11.8 Å². The number of carbonyl (C=O) groups is 2. The molecule has 0 aliphatic rings. The summed E-state index contributed by atoms with van der Waals surface area (Å²) in [7, 11) is 0. The molecular formula is C18H12F2N2O2. The van der Waals surface area contributed by atoms with Crippen molar-refractivity contribution in [2.75, 3.05) is 10.6 Å². The van der Waals surface area contributed by atoms with Crippen molar-refractivity contribution in [2.24, 2.45) is 0 Å². The molecule has 0 unspecified atom stereocenters. The Kier molecular flexibility index (Phi) is 4.20. The number of nitrogens with one attached hydrogen (secondary N) is 2. The van der Waals surface area contributed by atoms with E-state index < -0.39 is 29.1 Å². The van der Waals surface area contributed by atoms with Crippen LogP contribution >= 0.6 is 0 Å². The fourth-order valence-corrected chi connectivity index (χ4v) is 2.30. The molecule has 120 valence electrons. The normalized spacial score (nSPS) is 10.4. The summed E-state index contributed by atoms with van der Waals surface area (Å²) < 4.78 is 27.0. The Bertz CT molecular complexity index is 916. The van der Waals surface area contributed by atoms with E-state index in [-0.39, 0.29) is 0 Å². The topological polar surface area (TPSA) is 58.2 Å². The second-order valence-corrected chi connectivity index (χ2v) is 5.03. The fourth-order valence-electron chi connectivity index (χ4n) is 2.30. The monoisotopic (exact) mass is 326 g/mol. The third kappa shape index (κ3) is 3.08. The molecule has 0 fully saturated rings. The molecule has 0 radical (unpaired) electrons. The average molecular weight is 326 g/mol. The Balaban J connectivity index is 1.80. The van der Waals surface area contributed by atoms with E-state index >= 15 is 0 Å². The molecule has 0 saturated carbocycles. The van der Waals surface area contributed by atoms with Crippen molar-refractivity contribution >= 4 is 34.0 Å². The summed E-state index contributed by atoms with van der Waals surface area (Å²) in [5.41, 5.74) is -0.224. The minimum atomic E-state index is -1.16. The molecule has 3 rings (SSSR count). The first-order valence-corrected chi connectivity index (χ1v) is 7.10. The number of benzene rings is 3. The minimum Gasteiger partial charge on any atom is -0.317 e. The molecule has 0 heterocycles. The van der Waals surface area contributed by atoms with Gasteiger partial charge in [-0.25, -0.2) is 8.78 Å². The van der Waals surface area contributed by atoms with E-state index in [9.17, 15) is 18.4 Å². The molecule has 0 atom stereocenters. The summed E-state index contributed by atoms with van der Waals surface area (Å²) in [6, 6.07) is 15.7. The minimum absolute atomic E-state index is 0.433. The van der Waals surface area contributed by atoms with Crippen LogP contribution in [0.25, 0.3) is 10.8 Å². The van der Waals surface area contributed by atoms with Crippen molar-refractivity contribution in [3.63, 3.8) is 0 Å². The lowest BCUT2D eigenvalue weighted by atomic mass is 10.1. The molecule has 0 spiro atoms. The number of carbonyl (C=O) groups excluding carboxylic acids is 2. The van der Waals surface area contributed by atoms with Crippen molar-refractivity contribution in [1.29, 1.82) is 0 Å². The Labute approximate surface area is 136 Å². The zero-order chi connectivity index (χ0) is 17.1. The first-order chi connectivity index (χ1) is 11.6. The molecule has 0 aliphatic carbocycles. The van der Waals surface area contributed by atoms with Crippen LogP contribution in [0.3, 0.4) is 0 Å². The van der Waals surface area contributed by atoms with Gasteiger partial charge in [0.05, 0.1) is 0 Å². The summed E-state index contributed by atoms with van der Waals surface area (Å²) in [6.45, 7) is 0. The smallest absolute Gasteiger partial charge is 0.314 e. The van der Waals surface area contributed by atoms with Gasteiger partial charge in [-0.05, 0) is 23.6 Å². The van der Waals surface area contributed by atoms with Crippen LogP contribution in [0.15, 0.2) is 60.7 Å². The molecule has 0 bridgehead atoms. The Morgan fingerprint density at radius 1 is 0.708 bits per heavy atom. The number of anilines is 2. The van der Waals surface area contributed by atoms with Crippen LogP contribution in [0.1, 0.15) is 0 Å². The highest BCUT2D eigenvalue weighted by atomic mass is 19.1. The molecule has 4 nitrogen and oxygen atoms in total. The van der Waals surface area contributed by atoms with E-state index in [2.05, 4.69) is 5.32 Å². The van der Waals surface area contributed by atoms with E-state index in [0.29, 0.717) is 5.69 Å². The standard InChI is InChI=1S/C18H12F2N2O2/c19-13-8-4-9-14(20)16(13)22-18(24)17(23)21-15-10-3-6-11-5-1-2-7-12(11)15/h1-10H,(H,21,23)(H,22,24). The Morgan fingerprint density at radius 2 is 1.29 bits per heavy atom. The maximum absolute atomic E-state index is 13.5. The average Bonchev–Trinajstić information content (AvgIpc) is 2.58. The van der Waals surface area contributed by atoms with E-state index in [0.717, 1.165) is 29.0 Å². The zero-order valence-electron chi connectivity index (χ0n) is 12.3. The molecule has 0 aliphatic heterocycles. The molecular weight excluding hydrogens is 314 g/mol. The van der Waals surface area contributed by atoms with E-state index in [1.165, 1.54) is 0 Å². The molecule has 3 aromatic carbocycles. The van der Waals surface area contributed by atoms with Gasteiger partial charge in [-0.3, -0.25) is 9.59 Å². The second kappa shape index (κ2) is 6.45. The van der Waals surface area contributed by atoms with E-state index in [4.69, 9.17) is 0 Å². The largest absolute Gasteiger partial charge is 0.317 e. The van der Waals surface area contributed by atoms with Crippen LogP contribution in [-0.2, 0) is 9.59 Å². The summed E-state index contributed by atoms with van der Waals surface area (Å²) in [5.74, 6) is -4.09. The van der Waals surface area contributed by atoms with Gasteiger partial charge >= 0.3 is 11.8 Å². The maximum Gasteiger partial charge on any atom is 0.314 e. The summed E-state index contributed by atoms with van der Waals surface area (Å²) in [6.07, 6.45) is 0. The predicted molar refractivity (Wildman–Crippen MR) is 87.6 cm³/mol. The van der Waals surface area contributed by atoms with E-state index in [1.54, 1.807) is 24.3 Å². The number of hydrogen-bond donors (Lipinski definition) is 2. The third-order valence-electron chi connectivity index (χ3n) is 3.45. The third-order valence-corrected chi connectivity index (χ3v) is 3.45. The van der Waals surface area contributed by atoms with Gasteiger partial charge in [-0.2, -0.15) is 0 Å². The zero-order valence-corrected chi connectivity index (χ0v) is 12.3. The molecule has 0 saturated heterocycles. The number of rotatable bonds is 2. The number of halogens is 2. The van der Waals surface area contributed by atoms with Crippen molar-refractivity contribution < 1.29 is 18.4 Å². The van der Waals surface area contributed by atoms with Gasteiger partial charge in [0.2, 0.25) is 0 Å².